The van der Waals surface area contributed by atoms with E-state index in [0.29, 0.717) is 18.0 Å². The lowest BCUT2D eigenvalue weighted by atomic mass is 9.98. The van der Waals surface area contributed by atoms with Crippen LogP contribution in [0.5, 0.6) is 5.75 Å². The second-order valence-corrected chi connectivity index (χ2v) is 6.38. The maximum Gasteiger partial charge on any atom is 0.248 e. The molecular weight excluding hydrogens is 340 g/mol. The molecule has 1 amide bonds. The average molecular weight is 368 g/mol. The summed E-state index contributed by atoms with van der Waals surface area (Å²) in [4.78, 5) is 15.3. The number of nitrogens with zero attached hydrogens (tertiary/aromatic N) is 1. The minimum absolute atomic E-state index is 0.419. The van der Waals surface area contributed by atoms with Crippen LogP contribution in [0.1, 0.15) is 40.7 Å². The van der Waals surface area contributed by atoms with Gasteiger partial charge in [-0.1, -0.05) is 31.2 Å². The topological polar surface area (TPSA) is 88.7 Å². The van der Waals surface area contributed by atoms with E-state index in [0.717, 1.165) is 30.2 Å². The minimum Gasteiger partial charge on any atom is -0.497 e. The first-order valence-corrected chi connectivity index (χ1v) is 9.00. The third kappa shape index (κ3) is 6.33. The summed E-state index contributed by atoms with van der Waals surface area (Å²) in [6.07, 6.45) is 0.986. The molecule has 0 spiro atoms. The molecule has 0 heterocycles. The summed E-state index contributed by atoms with van der Waals surface area (Å²) in [5.41, 5.74) is 8.10. The Kier molecular flexibility index (Phi) is 7.67. The van der Waals surface area contributed by atoms with Gasteiger partial charge in [0.2, 0.25) is 5.91 Å². The molecule has 27 heavy (non-hydrogen) atoms. The molecule has 0 aromatic heterocycles. The summed E-state index contributed by atoms with van der Waals surface area (Å²) < 4.78 is 5.20. The van der Waals surface area contributed by atoms with E-state index in [1.807, 2.05) is 24.3 Å². The molecule has 2 aromatic rings. The highest BCUT2D eigenvalue weighted by Crippen LogP contribution is 2.21. The Morgan fingerprint density at radius 1 is 1.11 bits per heavy atom. The zero-order valence-electron chi connectivity index (χ0n) is 16.2. The summed E-state index contributed by atoms with van der Waals surface area (Å²) in [5, 5.41) is 6.60. The number of methoxy groups -OCH3 is 1. The number of guanidine groups is 1. The second kappa shape index (κ2) is 10.2. The van der Waals surface area contributed by atoms with Crippen LogP contribution < -0.4 is 21.1 Å². The van der Waals surface area contributed by atoms with E-state index in [1.54, 1.807) is 26.3 Å². The molecule has 0 aliphatic rings. The molecule has 0 aliphatic carbocycles. The Hall–Kier alpha value is -3.02. The lowest BCUT2D eigenvalue weighted by molar-refractivity contribution is 0.100. The van der Waals surface area contributed by atoms with Crippen LogP contribution in [0.2, 0.25) is 0 Å². The number of carbonyl (C=O) groups excluding carboxylic acids is 1. The summed E-state index contributed by atoms with van der Waals surface area (Å²) in [5.74, 6) is 1.63. The lowest BCUT2D eigenvalue weighted by Crippen LogP contribution is -2.37. The first-order chi connectivity index (χ1) is 13.0. The van der Waals surface area contributed by atoms with Gasteiger partial charge in [0.1, 0.15) is 5.75 Å². The molecule has 1 unspecified atom stereocenters. The minimum atomic E-state index is -0.419. The van der Waals surface area contributed by atoms with Gasteiger partial charge in [0, 0.05) is 25.7 Å². The van der Waals surface area contributed by atoms with Crippen LogP contribution in [-0.2, 0) is 6.54 Å². The van der Waals surface area contributed by atoms with Crippen LogP contribution in [0.3, 0.4) is 0 Å². The second-order valence-electron chi connectivity index (χ2n) is 6.38. The number of primary amides is 1. The standard InChI is InChI=1S/C21H28N4O2/c1-15(17-8-10-19(27-3)11-9-17)12-13-24-21(23-2)25-14-16-4-6-18(7-5-16)20(22)26/h4-11,15H,12-14H2,1-3H3,(H2,22,26)(H2,23,24,25). The number of carbonyl (C=O) groups is 1. The van der Waals surface area contributed by atoms with Crippen molar-refractivity contribution in [3.8, 4) is 5.75 Å². The van der Waals surface area contributed by atoms with Crippen molar-refractivity contribution in [1.82, 2.24) is 10.6 Å². The molecule has 2 rings (SSSR count). The van der Waals surface area contributed by atoms with Gasteiger partial charge in [-0.2, -0.15) is 0 Å². The zero-order valence-corrected chi connectivity index (χ0v) is 16.2. The van der Waals surface area contributed by atoms with E-state index in [2.05, 4.69) is 34.7 Å². The molecule has 6 heteroatoms. The van der Waals surface area contributed by atoms with Crippen molar-refractivity contribution in [2.45, 2.75) is 25.8 Å². The van der Waals surface area contributed by atoms with Crippen molar-refractivity contribution < 1.29 is 9.53 Å². The van der Waals surface area contributed by atoms with E-state index in [9.17, 15) is 4.79 Å². The summed E-state index contributed by atoms with van der Waals surface area (Å²) in [6, 6.07) is 15.4. The fraction of sp³-hybridized carbons (Fsp3) is 0.333. The predicted molar refractivity (Wildman–Crippen MR) is 109 cm³/mol. The first kappa shape index (κ1) is 20.3. The van der Waals surface area contributed by atoms with E-state index >= 15 is 0 Å². The number of rotatable bonds is 8. The monoisotopic (exact) mass is 368 g/mol. The Morgan fingerprint density at radius 2 is 1.78 bits per heavy atom. The number of hydrogen-bond donors (Lipinski definition) is 3. The summed E-state index contributed by atoms with van der Waals surface area (Å²) >= 11 is 0. The smallest absolute Gasteiger partial charge is 0.248 e. The average Bonchev–Trinajstić information content (AvgIpc) is 2.70. The molecule has 1 atom stereocenters. The van der Waals surface area contributed by atoms with Gasteiger partial charge in [-0.25, -0.2) is 0 Å². The van der Waals surface area contributed by atoms with Crippen LogP contribution in [0.15, 0.2) is 53.5 Å². The van der Waals surface area contributed by atoms with Crippen molar-refractivity contribution in [1.29, 1.82) is 0 Å². The van der Waals surface area contributed by atoms with Crippen LogP contribution >= 0.6 is 0 Å². The molecule has 2 aromatic carbocycles. The molecule has 0 fully saturated rings. The first-order valence-electron chi connectivity index (χ1n) is 9.00. The molecule has 0 saturated heterocycles. The fourth-order valence-corrected chi connectivity index (χ4v) is 2.70. The molecule has 0 saturated carbocycles. The van der Waals surface area contributed by atoms with Gasteiger partial charge >= 0.3 is 0 Å². The van der Waals surface area contributed by atoms with Gasteiger partial charge in [-0.05, 0) is 47.7 Å². The fourth-order valence-electron chi connectivity index (χ4n) is 2.70. The number of aliphatic imine (C=N–C) groups is 1. The van der Waals surface area contributed by atoms with Gasteiger partial charge in [0.15, 0.2) is 5.96 Å². The summed E-state index contributed by atoms with van der Waals surface area (Å²) in [7, 11) is 3.42. The summed E-state index contributed by atoms with van der Waals surface area (Å²) in [6.45, 7) is 3.64. The molecule has 0 aliphatic heterocycles. The number of hydrogen-bond acceptors (Lipinski definition) is 3. The van der Waals surface area contributed by atoms with Crippen molar-refractivity contribution >= 4 is 11.9 Å². The molecule has 144 valence electrons. The predicted octanol–water partition coefficient (Wildman–Crippen LogP) is 2.65. The van der Waals surface area contributed by atoms with E-state index in [4.69, 9.17) is 10.5 Å². The van der Waals surface area contributed by atoms with E-state index in [-0.39, 0.29) is 0 Å². The van der Waals surface area contributed by atoms with E-state index in [1.165, 1.54) is 5.56 Å². The van der Waals surface area contributed by atoms with Crippen molar-refractivity contribution in [2.75, 3.05) is 20.7 Å². The third-order valence-electron chi connectivity index (χ3n) is 4.48. The third-order valence-corrected chi connectivity index (χ3v) is 4.48. The van der Waals surface area contributed by atoms with Gasteiger partial charge < -0.3 is 21.1 Å². The number of amides is 1. The molecular formula is C21H28N4O2. The van der Waals surface area contributed by atoms with Gasteiger partial charge in [-0.15, -0.1) is 0 Å². The zero-order chi connectivity index (χ0) is 19.6. The van der Waals surface area contributed by atoms with Crippen LogP contribution in [0.25, 0.3) is 0 Å². The maximum absolute atomic E-state index is 11.1. The highest BCUT2D eigenvalue weighted by Gasteiger charge is 2.07. The Morgan fingerprint density at radius 3 is 2.33 bits per heavy atom. The molecule has 0 radical (unpaired) electrons. The Labute approximate surface area is 160 Å². The number of nitrogens with one attached hydrogen (secondary N) is 2. The van der Waals surface area contributed by atoms with Gasteiger partial charge in [0.25, 0.3) is 0 Å². The van der Waals surface area contributed by atoms with Gasteiger partial charge in [0.05, 0.1) is 7.11 Å². The van der Waals surface area contributed by atoms with Crippen LogP contribution in [0.4, 0.5) is 0 Å². The highest BCUT2D eigenvalue weighted by molar-refractivity contribution is 5.92. The SMILES string of the molecule is CN=C(NCCC(C)c1ccc(OC)cc1)NCc1ccc(C(N)=O)cc1. The molecule has 4 N–H and O–H groups in total. The maximum atomic E-state index is 11.1. The molecule has 6 nitrogen and oxygen atoms in total. The van der Waals surface area contributed by atoms with Crippen molar-refractivity contribution in [3.05, 3.63) is 65.2 Å². The largest absolute Gasteiger partial charge is 0.497 e. The van der Waals surface area contributed by atoms with Crippen LogP contribution in [0, 0.1) is 0 Å². The quantitative estimate of drug-likeness (QED) is 0.494. The Balaban J connectivity index is 1.76. The van der Waals surface area contributed by atoms with E-state index < -0.39 is 5.91 Å². The van der Waals surface area contributed by atoms with Crippen molar-refractivity contribution in [2.24, 2.45) is 10.7 Å². The van der Waals surface area contributed by atoms with Crippen LogP contribution in [-0.4, -0.2) is 32.6 Å². The van der Waals surface area contributed by atoms with Gasteiger partial charge in [-0.3, -0.25) is 9.79 Å². The number of ether oxygens (including phenoxy) is 1. The van der Waals surface area contributed by atoms with Crippen molar-refractivity contribution in [3.63, 3.8) is 0 Å². The number of benzene rings is 2. The normalized spacial score (nSPS) is 12.3. The molecule has 0 bridgehead atoms. The number of nitrogens with two attached hydrogens (primary N) is 1. The highest BCUT2D eigenvalue weighted by atomic mass is 16.5. The Bertz CT molecular complexity index is 755. The lowest BCUT2D eigenvalue weighted by Gasteiger charge is -2.15.